The lowest BCUT2D eigenvalue weighted by molar-refractivity contribution is -0.116. The van der Waals surface area contributed by atoms with E-state index in [1.165, 1.54) is 31.3 Å². The molecule has 6 nitrogen and oxygen atoms in total. The fraction of sp³-hybridized carbons (Fsp3) is 0.107. The third-order valence-corrected chi connectivity index (χ3v) is 6.68. The minimum absolute atomic E-state index is 0.129. The van der Waals surface area contributed by atoms with Crippen LogP contribution in [0.4, 0.5) is 46.0 Å². The van der Waals surface area contributed by atoms with Crippen molar-refractivity contribution in [1.29, 1.82) is 0 Å². The highest BCUT2D eigenvalue weighted by atomic mass is 79.9. The van der Waals surface area contributed by atoms with Gasteiger partial charge in [-0.1, -0.05) is 31.9 Å². The molecule has 40 heavy (non-hydrogen) atoms. The lowest BCUT2D eigenvalue weighted by Crippen LogP contribution is -2.21. The number of nitrogens with two attached hydrogens (primary N) is 1. The van der Waals surface area contributed by atoms with Gasteiger partial charge in [0, 0.05) is 32.3 Å². The Morgan fingerprint density at radius 1 is 0.775 bits per heavy atom. The first-order valence-electron chi connectivity index (χ1n) is 11.5. The molecular weight excluding hydrogens is 662 g/mol. The number of anilines is 5. The van der Waals surface area contributed by atoms with Gasteiger partial charge >= 0.3 is 0 Å². The van der Waals surface area contributed by atoms with Crippen LogP contribution in [0.2, 0.25) is 0 Å². The van der Waals surface area contributed by atoms with Gasteiger partial charge in [0.2, 0.25) is 5.91 Å². The summed E-state index contributed by atoms with van der Waals surface area (Å²) in [4.78, 5) is 13.5. The van der Waals surface area contributed by atoms with Gasteiger partial charge in [-0.2, -0.15) is 0 Å². The molecule has 4 aromatic rings. The van der Waals surface area contributed by atoms with Crippen molar-refractivity contribution in [3.05, 3.63) is 98.4 Å². The van der Waals surface area contributed by atoms with Crippen molar-refractivity contribution < 1.29 is 31.8 Å². The standard InChI is InChI=1S/C15H10BrF2NO2.C13H11BrF2N2O/c1-21-14-3-8(16)2-13-12(14)7-15(20)19(13)11-5-9(17)4-10(18)6-11;1-19-12-3-7(14)2-11(13(12)17)18-10-5-8(15)4-9(16)6-10/h2-6H,7H2,1H3;2-6,18H,17H2,1H3. The van der Waals surface area contributed by atoms with Crippen molar-refractivity contribution in [3.8, 4) is 11.5 Å². The number of hydrogen-bond donors (Lipinski definition) is 2. The number of methoxy groups -OCH3 is 2. The number of benzene rings is 4. The predicted octanol–water partition coefficient (Wildman–Crippen LogP) is 8.02. The number of hydrogen-bond acceptors (Lipinski definition) is 5. The van der Waals surface area contributed by atoms with Gasteiger partial charge in [0.25, 0.3) is 0 Å². The molecule has 3 N–H and O–H groups in total. The number of carbonyl (C=O) groups is 1. The smallest absolute Gasteiger partial charge is 0.236 e. The molecule has 0 bridgehead atoms. The van der Waals surface area contributed by atoms with Gasteiger partial charge in [0.05, 0.1) is 43.4 Å². The molecule has 1 amide bonds. The highest BCUT2D eigenvalue weighted by molar-refractivity contribution is 9.10. The summed E-state index contributed by atoms with van der Waals surface area (Å²) in [6.45, 7) is 0. The Hall–Kier alpha value is -3.77. The van der Waals surface area contributed by atoms with Crippen LogP contribution in [-0.4, -0.2) is 20.1 Å². The number of amides is 1. The second-order valence-corrected chi connectivity index (χ2v) is 10.3. The molecule has 0 aliphatic carbocycles. The summed E-state index contributed by atoms with van der Waals surface area (Å²) >= 11 is 6.65. The van der Waals surface area contributed by atoms with Gasteiger partial charge < -0.3 is 20.5 Å². The van der Waals surface area contributed by atoms with Gasteiger partial charge in [-0.25, -0.2) is 17.6 Å². The normalized spacial score (nSPS) is 12.0. The topological polar surface area (TPSA) is 76.8 Å². The van der Waals surface area contributed by atoms with Crippen molar-refractivity contribution >= 4 is 66.2 Å². The van der Waals surface area contributed by atoms with Gasteiger partial charge in [-0.15, -0.1) is 0 Å². The van der Waals surface area contributed by atoms with E-state index in [2.05, 4.69) is 37.2 Å². The first-order valence-corrected chi connectivity index (χ1v) is 13.1. The molecule has 1 heterocycles. The number of carbonyl (C=O) groups excluding carboxylic acids is 1. The lowest BCUT2D eigenvalue weighted by Gasteiger charge is -2.18. The molecule has 0 saturated carbocycles. The van der Waals surface area contributed by atoms with Gasteiger partial charge in [0.1, 0.15) is 34.8 Å². The molecule has 1 aliphatic heterocycles. The molecule has 4 aromatic carbocycles. The van der Waals surface area contributed by atoms with E-state index in [0.29, 0.717) is 34.1 Å². The van der Waals surface area contributed by atoms with Crippen LogP contribution in [0.15, 0.2) is 69.6 Å². The van der Waals surface area contributed by atoms with Crippen molar-refractivity contribution in [2.45, 2.75) is 6.42 Å². The Balaban J connectivity index is 0.000000186. The zero-order chi connectivity index (χ0) is 29.1. The Labute approximate surface area is 243 Å². The summed E-state index contributed by atoms with van der Waals surface area (Å²) in [6, 6.07) is 13.1. The van der Waals surface area contributed by atoms with Gasteiger partial charge in [-0.3, -0.25) is 9.69 Å². The summed E-state index contributed by atoms with van der Waals surface area (Å²) in [6.07, 6.45) is 0.129. The van der Waals surface area contributed by atoms with E-state index in [9.17, 15) is 22.4 Å². The zero-order valence-electron chi connectivity index (χ0n) is 21.0. The fourth-order valence-electron chi connectivity index (χ4n) is 4.12. The third-order valence-electron chi connectivity index (χ3n) is 5.76. The monoisotopic (exact) mass is 681 g/mol. The number of ether oxygens (including phenoxy) is 2. The van der Waals surface area contributed by atoms with E-state index < -0.39 is 23.3 Å². The molecule has 12 heteroatoms. The van der Waals surface area contributed by atoms with E-state index in [4.69, 9.17) is 15.2 Å². The molecule has 5 rings (SSSR count). The molecule has 0 saturated heterocycles. The van der Waals surface area contributed by atoms with Crippen LogP contribution in [0.25, 0.3) is 0 Å². The molecule has 0 atom stereocenters. The highest BCUT2D eigenvalue weighted by Crippen LogP contribution is 2.42. The molecule has 208 valence electrons. The fourth-order valence-corrected chi connectivity index (χ4v) is 4.98. The highest BCUT2D eigenvalue weighted by Gasteiger charge is 2.32. The Bertz CT molecular complexity index is 1560. The second kappa shape index (κ2) is 12.2. The van der Waals surface area contributed by atoms with Crippen LogP contribution in [0.5, 0.6) is 11.5 Å². The van der Waals surface area contributed by atoms with Crippen LogP contribution in [0.3, 0.4) is 0 Å². The van der Waals surface area contributed by atoms with Crippen molar-refractivity contribution in [1.82, 2.24) is 0 Å². The molecule has 0 radical (unpaired) electrons. The summed E-state index contributed by atoms with van der Waals surface area (Å²) in [5, 5.41) is 2.85. The van der Waals surface area contributed by atoms with Crippen molar-refractivity contribution in [2.24, 2.45) is 0 Å². The molecule has 0 fully saturated rings. The van der Waals surface area contributed by atoms with E-state index in [0.717, 1.165) is 33.2 Å². The average Bonchev–Trinajstić information content (AvgIpc) is 3.20. The van der Waals surface area contributed by atoms with Crippen LogP contribution in [0.1, 0.15) is 5.56 Å². The van der Waals surface area contributed by atoms with E-state index >= 15 is 0 Å². The summed E-state index contributed by atoms with van der Waals surface area (Å²) in [5.41, 5.74) is 8.45. The number of fused-ring (bicyclic) bond motifs is 1. The largest absolute Gasteiger partial charge is 0.496 e. The molecular formula is C28H21Br2F4N3O3. The first-order chi connectivity index (χ1) is 19.0. The van der Waals surface area contributed by atoms with Crippen LogP contribution >= 0.6 is 31.9 Å². The number of nitrogen functional groups attached to an aromatic ring is 1. The van der Waals surface area contributed by atoms with Gasteiger partial charge in [-0.05, 0) is 48.5 Å². The number of rotatable bonds is 5. The quantitative estimate of drug-likeness (QED) is 0.165. The third kappa shape index (κ3) is 6.50. The number of nitrogens with one attached hydrogen (secondary N) is 1. The zero-order valence-corrected chi connectivity index (χ0v) is 24.2. The minimum Gasteiger partial charge on any atom is -0.496 e. The molecule has 0 aromatic heterocycles. The summed E-state index contributed by atoms with van der Waals surface area (Å²) < 4.78 is 64.8. The number of halogens is 6. The van der Waals surface area contributed by atoms with E-state index in [1.807, 2.05) is 0 Å². The summed E-state index contributed by atoms with van der Waals surface area (Å²) in [7, 11) is 3.00. The maximum atomic E-state index is 13.4. The average molecular weight is 683 g/mol. The maximum absolute atomic E-state index is 13.4. The first kappa shape index (κ1) is 29.2. The van der Waals surface area contributed by atoms with Crippen molar-refractivity contribution in [2.75, 3.05) is 30.2 Å². The minimum atomic E-state index is -0.729. The van der Waals surface area contributed by atoms with Crippen molar-refractivity contribution in [3.63, 3.8) is 0 Å². The molecule has 1 aliphatic rings. The van der Waals surface area contributed by atoms with E-state index in [1.54, 1.807) is 24.3 Å². The van der Waals surface area contributed by atoms with Crippen LogP contribution in [0, 0.1) is 23.3 Å². The Morgan fingerprint density at radius 3 is 1.88 bits per heavy atom. The molecule has 0 spiro atoms. The Kier molecular flexibility index (Phi) is 8.89. The SMILES string of the molecule is COc1cc(Br)cc(Nc2cc(F)cc(F)c2)c1N.COc1cc(Br)cc2c1CC(=O)N2c1cc(F)cc(F)c1. The Morgan fingerprint density at radius 2 is 1.30 bits per heavy atom. The summed E-state index contributed by atoms with van der Waals surface area (Å²) in [5.74, 6) is -2.01. The van der Waals surface area contributed by atoms with Crippen LogP contribution < -0.4 is 25.4 Å². The predicted molar refractivity (Wildman–Crippen MR) is 153 cm³/mol. The number of nitrogens with zero attached hydrogens (tertiary/aromatic N) is 1. The van der Waals surface area contributed by atoms with E-state index in [-0.39, 0.29) is 23.7 Å². The van der Waals surface area contributed by atoms with Crippen LogP contribution in [-0.2, 0) is 11.2 Å². The maximum Gasteiger partial charge on any atom is 0.236 e. The van der Waals surface area contributed by atoms with Gasteiger partial charge in [0.15, 0.2) is 0 Å². The lowest BCUT2D eigenvalue weighted by atomic mass is 10.1. The molecule has 0 unspecified atom stereocenters. The second-order valence-electron chi connectivity index (χ2n) is 8.49.